The van der Waals surface area contributed by atoms with Gasteiger partial charge >= 0.3 is 12.1 Å². The van der Waals surface area contributed by atoms with Crippen LogP contribution >= 0.6 is 0 Å². The summed E-state index contributed by atoms with van der Waals surface area (Å²) >= 11 is 0. The number of hydrogen-bond donors (Lipinski definition) is 0. The lowest BCUT2D eigenvalue weighted by Gasteiger charge is -2.23. The highest BCUT2D eigenvalue weighted by Gasteiger charge is 2.65. The fourth-order valence-electron chi connectivity index (χ4n) is 3.67. The molecule has 1 atom stereocenters. The number of hydrogen-bond acceptors (Lipinski definition) is 4. The fourth-order valence-corrected chi connectivity index (χ4v) is 3.67. The molecular weight excluding hydrogens is 375 g/mol. The van der Waals surface area contributed by atoms with Crippen molar-refractivity contribution in [1.29, 1.82) is 0 Å². The van der Waals surface area contributed by atoms with Crippen LogP contribution in [-0.4, -0.2) is 49.3 Å². The van der Waals surface area contributed by atoms with Gasteiger partial charge in [0.2, 0.25) is 5.91 Å². The number of carbonyl (C=O) groups is 2. The number of halogens is 3. The van der Waals surface area contributed by atoms with Crippen LogP contribution in [0.1, 0.15) is 38.2 Å². The Balaban J connectivity index is 1.57. The minimum absolute atomic E-state index is 0.0141. The van der Waals surface area contributed by atoms with Gasteiger partial charge < -0.3 is 14.4 Å². The Morgan fingerprint density at radius 3 is 2.61 bits per heavy atom. The number of carbonyl (C=O) groups excluding carboxylic acids is 2. The topological polar surface area (TPSA) is 55.8 Å². The van der Waals surface area contributed by atoms with Crippen LogP contribution < -0.4 is 4.74 Å². The summed E-state index contributed by atoms with van der Waals surface area (Å²) in [6.07, 6.45) is -3.75. The molecule has 0 bridgehead atoms. The maximum Gasteiger partial charge on any atom is 0.398 e. The number of likely N-dealkylation sites (tertiary alicyclic amines) is 1. The van der Waals surface area contributed by atoms with E-state index in [1.807, 2.05) is 0 Å². The lowest BCUT2D eigenvalue weighted by atomic mass is 9.94. The van der Waals surface area contributed by atoms with Crippen molar-refractivity contribution in [2.75, 3.05) is 26.3 Å². The molecule has 28 heavy (non-hydrogen) atoms. The number of esters is 1. The van der Waals surface area contributed by atoms with E-state index in [2.05, 4.69) is 0 Å². The first kappa shape index (κ1) is 20.5. The lowest BCUT2D eigenvalue weighted by molar-refractivity contribution is -0.161. The van der Waals surface area contributed by atoms with Crippen LogP contribution in [0.2, 0.25) is 0 Å². The number of rotatable bonds is 7. The average molecular weight is 399 g/mol. The van der Waals surface area contributed by atoms with Gasteiger partial charge in [-0.25, -0.2) is 0 Å². The molecule has 1 aromatic carbocycles. The van der Waals surface area contributed by atoms with Crippen LogP contribution in [0.4, 0.5) is 13.2 Å². The molecule has 1 amide bonds. The number of amides is 1. The minimum atomic E-state index is -4.30. The van der Waals surface area contributed by atoms with E-state index in [0.717, 1.165) is 0 Å². The quantitative estimate of drug-likeness (QED) is 0.521. The van der Waals surface area contributed by atoms with Gasteiger partial charge in [0.1, 0.15) is 12.2 Å². The van der Waals surface area contributed by atoms with Gasteiger partial charge in [-0.05, 0) is 32.3 Å². The number of alkyl halides is 3. The predicted molar refractivity (Wildman–Crippen MR) is 94.8 cm³/mol. The molecule has 1 saturated carbocycles. The third kappa shape index (κ3) is 4.25. The standard InChI is InChI=1S/C20H24F3NO4/c1-2-27-18(26)11-17(25)24-10-7-14(12-24)13-28-16-6-4-3-5-15(16)19(8-9-19)20(21,22)23/h3-6,14H,2,7-13H2,1H3/t14-/m0/s1. The van der Waals surface area contributed by atoms with Gasteiger partial charge in [0.25, 0.3) is 0 Å². The van der Waals surface area contributed by atoms with Crippen LogP contribution in [0.25, 0.3) is 0 Å². The molecule has 3 rings (SSSR count). The third-order valence-electron chi connectivity index (χ3n) is 5.41. The summed E-state index contributed by atoms with van der Waals surface area (Å²) in [6.45, 7) is 3.05. The summed E-state index contributed by atoms with van der Waals surface area (Å²) in [6, 6.07) is 6.31. The Bertz CT molecular complexity index is 730. The maximum absolute atomic E-state index is 13.5. The van der Waals surface area contributed by atoms with Crippen LogP contribution in [-0.2, 0) is 19.7 Å². The van der Waals surface area contributed by atoms with E-state index >= 15 is 0 Å². The van der Waals surface area contributed by atoms with Crippen molar-refractivity contribution in [3.8, 4) is 5.75 Å². The molecule has 1 aliphatic carbocycles. The first-order chi connectivity index (χ1) is 13.3. The molecule has 5 nitrogen and oxygen atoms in total. The average Bonchev–Trinajstić information content (AvgIpc) is 3.32. The Kier molecular flexibility index (Phi) is 5.86. The highest BCUT2D eigenvalue weighted by Crippen LogP contribution is 2.60. The highest BCUT2D eigenvalue weighted by molar-refractivity contribution is 5.94. The predicted octanol–water partition coefficient (Wildman–Crippen LogP) is 3.46. The zero-order valence-electron chi connectivity index (χ0n) is 15.8. The first-order valence-electron chi connectivity index (χ1n) is 9.49. The second kappa shape index (κ2) is 8.01. The summed E-state index contributed by atoms with van der Waals surface area (Å²) in [4.78, 5) is 25.1. The van der Waals surface area contributed by atoms with E-state index in [1.54, 1.807) is 30.0 Å². The smallest absolute Gasteiger partial charge is 0.398 e. The van der Waals surface area contributed by atoms with Crippen LogP contribution in [0.5, 0.6) is 5.75 Å². The first-order valence-corrected chi connectivity index (χ1v) is 9.49. The molecule has 0 N–H and O–H groups in total. The molecule has 0 aromatic heterocycles. The van der Waals surface area contributed by atoms with Gasteiger partial charge in [-0.1, -0.05) is 18.2 Å². The second-order valence-electron chi connectivity index (χ2n) is 7.36. The molecule has 1 aromatic rings. The van der Waals surface area contributed by atoms with E-state index in [4.69, 9.17) is 9.47 Å². The maximum atomic E-state index is 13.5. The SMILES string of the molecule is CCOC(=O)CC(=O)N1CC[C@H](COc2ccccc2C2(C(F)(F)F)CC2)C1. The monoisotopic (exact) mass is 399 g/mol. The van der Waals surface area contributed by atoms with Gasteiger partial charge in [-0.15, -0.1) is 0 Å². The van der Waals surface area contributed by atoms with E-state index < -0.39 is 17.6 Å². The summed E-state index contributed by atoms with van der Waals surface area (Å²) in [7, 11) is 0. The van der Waals surface area contributed by atoms with Crippen LogP contribution in [0.15, 0.2) is 24.3 Å². The molecule has 2 fully saturated rings. The number of nitrogens with zero attached hydrogens (tertiary/aromatic N) is 1. The molecule has 2 aliphatic rings. The zero-order valence-corrected chi connectivity index (χ0v) is 15.8. The Morgan fingerprint density at radius 1 is 1.25 bits per heavy atom. The molecular formula is C20H24F3NO4. The fraction of sp³-hybridized carbons (Fsp3) is 0.600. The van der Waals surface area contributed by atoms with Crippen molar-refractivity contribution in [3.05, 3.63) is 29.8 Å². The summed E-state index contributed by atoms with van der Waals surface area (Å²) in [5.41, 5.74) is -1.60. The third-order valence-corrected chi connectivity index (χ3v) is 5.41. The largest absolute Gasteiger partial charge is 0.493 e. The Hall–Kier alpha value is -2.25. The molecule has 0 spiro atoms. The Labute approximate surface area is 161 Å². The van der Waals surface area contributed by atoms with E-state index in [9.17, 15) is 22.8 Å². The second-order valence-corrected chi connectivity index (χ2v) is 7.36. The van der Waals surface area contributed by atoms with Crippen molar-refractivity contribution in [2.45, 2.75) is 44.2 Å². The van der Waals surface area contributed by atoms with E-state index in [1.165, 1.54) is 6.07 Å². The van der Waals surface area contributed by atoms with E-state index in [0.29, 0.717) is 19.5 Å². The van der Waals surface area contributed by atoms with Crippen molar-refractivity contribution in [3.63, 3.8) is 0 Å². The van der Waals surface area contributed by atoms with Crippen LogP contribution in [0, 0.1) is 5.92 Å². The van der Waals surface area contributed by atoms with E-state index in [-0.39, 0.29) is 55.6 Å². The number of ether oxygens (including phenoxy) is 2. The van der Waals surface area contributed by atoms with Gasteiger partial charge in [-0.3, -0.25) is 9.59 Å². The lowest BCUT2D eigenvalue weighted by Crippen LogP contribution is -2.31. The van der Waals surface area contributed by atoms with Gasteiger partial charge in [0.15, 0.2) is 0 Å². The van der Waals surface area contributed by atoms with Gasteiger partial charge in [0.05, 0.1) is 18.6 Å². The number of para-hydroxylation sites is 1. The van der Waals surface area contributed by atoms with Gasteiger partial charge in [0, 0.05) is 24.6 Å². The molecule has 0 radical (unpaired) electrons. The normalized spacial score (nSPS) is 20.7. The summed E-state index contributed by atoms with van der Waals surface area (Å²) in [5.74, 6) is -0.577. The molecule has 1 aliphatic heterocycles. The molecule has 1 saturated heterocycles. The molecule has 1 heterocycles. The Morgan fingerprint density at radius 2 is 1.96 bits per heavy atom. The van der Waals surface area contributed by atoms with Crippen molar-refractivity contribution >= 4 is 11.9 Å². The zero-order chi connectivity index (χ0) is 20.4. The van der Waals surface area contributed by atoms with Crippen LogP contribution in [0.3, 0.4) is 0 Å². The summed E-state index contributed by atoms with van der Waals surface area (Å²) < 4.78 is 50.9. The minimum Gasteiger partial charge on any atom is -0.493 e. The van der Waals surface area contributed by atoms with Crippen molar-refractivity contribution < 1.29 is 32.2 Å². The molecule has 154 valence electrons. The summed E-state index contributed by atoms with van der Waals surface area (Å²) in [5, 5.41) is 0. The number of benzene rings is 1. The highest BCUT2D eigenvalue weighted by atomic mass is 19.4. The molecule has 8 heteroatoms. The van der Waals surface area contributed by atoms with Crippen molar-refractivity contribution in [1.82, 2.24) is 4.90 Å². The molecule has 0 unspecified atom stereocenters. The van der Waals surface area contributed by atoms with Crippen molar-refractivity contribution in [2.24, 2.45) is 5.92 Å². The van der Waals surface area contributed by atoms with Gasteiger partial charge in [-0.2, -0.15) is 13.2 Å².